The van der Waals surface area contributed by atoms with Crippen LogP contribution in [0.4, 0.5) is 0 Å². The van der Waals surface area contributed by atoms with Crippen molar-refractivity contribution in [1.29, 1.82) is 0 Å². The molecule has 0 aromatic rings. The summed E-state index contributed by atoms with van der Waals surface area (Å²) in [7, 11) is 2.75. The Labute approximate surface area is 76.6 Å². The SMILES string of the molecule is CC1(C)CC2C(CO)N(P)CC21. The van der Waals surface area contributed by atoms with E-state index in [2.05, 4.69) is 27.9 Å². The van der Waals surface area contributed by atoms with E-state index in [9.17, 15) is 5.11 Å². The quantitative estimate of drug-likeness (QED) is 0.622. The summed E-state index contributed by atoms with van der Waals surface area (Å²) in [5.41, 5.74) is 0.517. The number of nitrogens with zero attached hydrogens (tertiary/aromatic N) is 1. The Morgan fingerprint density at radius 2 is 2.25 bits per heavy atom. The van der Waals surface area contributed by atoms with E-state index in [1.807, 2.05) is 0 Å². The molecule has 0 spiro atoms. The van der Waals surface area contributed by atoms with Gasteiger partial charge in [-0.25, -0.2) is 0 Å². The highest BCUT2D eigenvalue weighted by molar-refractivity contribution is 7.13. The largest absolute Gasteiger partial charge is 0.395 e. The van der Waals surface area contributed by atoms with Crippen LogP contribution in [0.3, 0.4) is 0 Å². The zero-order valence-electron chi connectivity index (χ0n) is 7.83. The molecule has 4 atom stereocenters. The van der Waals surface area contributed by atoms with Crippen LogP contribution in [0, 0.1) is 17.3 Å². The lowest BCUT2D eigenvalue weighted by atomic mass is 9.55. The van der Waals surface area contributed by atoms with Crippen molar-refractivity contribution in [2.45, 2.75) is 26.3 Å². The summed E-state index contributed by atoms with van der Waals surface area (Å²) >= 11 is 0. The monoisotopic (exact) mass is 187 g/mol. The number of rotatable bonds is 1. The predicted octanol–water partition coefficient (Wildman–Crippen LogP) is 1.12. The van der Waals surface area contributed by atoms with E-state index in [-0.39, 0.29) is 0 Å². The van der Waals surface area contributed by atoms with Gasteiger partial charge >= 0.3 is 0 Å². The lowest BCUT2D eigenvalue weighted by Crippen LogP contribution is -2.46. The molecule has 1 aliphatic heterocycles. The molecule has 1 aliphatic carbocycles. The van der Waals surface area contributed by atoms with E-state index in [1.54, 1.807) is 0 Å². The minimum absolute atomic E-state index is 0.320. The minimum atomic E-state index is 0.320. The molecule has 1 saturated heterocycles. The van der Waals surface area contributed by atoms with E-state index in [1.165, 1.54) is 6.42 Å². The van der Waals surface area contributed by atoms with Gasteiger partial charge in [-0.2, -0.15) is 0 Å². The molecule has 0 amide bonds. The van der Waals surface area contributed by atoms with Crippen molar-refractivity contribution in [3.05, 3.63) is 0 Å². The second-order valence-electron chi connectivity index (χ2n) is 4.91. The summed E-state index contributed by atoms with van der Waals surface area (Å²) < 4.78 is 2.24. The Kier molecular flexibility index (Phi) is 1.98. The molecule has 1 heterocycles. The highest BCUT2D eigenvalue weighted by atomic mass is 31.0. The molecule has 70 valence electrons. The Bertz CT molecular complexity index is 195. The fourth-order valence-electron chi connectivity index (χ4n) is 2.96. The predicted molar refractivity (Wildman–Crippen MR) is 52.7 cm³/mol. The summed E-state index contributed by atoms with van der Waals surface area (Å²) in [6, 6.07) is 0.410. The third-order valence-electron chi connectivity index (χ3n) is 3.80. The lowest BCUT2D eigenvalue weighted by molar-refractivity contribution is 0.00531. The van der Waals surface area contributed by atoms with E-state index in [4.69, 9.17) is 0 Å². The highest BCUT2D eigenvalue weighted by Crippen LogP contribution is 2.57. The molecule has 0 aromatic heterocycles. The van der Waals surface area contributed by atoms with E-state index < -0.39 is 0 Å². The first-order chi connectivity index (χ1) is 5.56. The van der Waals surface area contributed by atoms with Gasteiger partial charge in [-0.1, -0.05) is 23.2 Å². The number of hydrogen-bond acceptors (Lipinski definition) is 2. The van der Waals surface area contributed by atoms with Gasteiger partial charge in [0, 0.05) is 12.6 Å². The molecule has 1 saturated carbocycles. The van der Waals surface area contributed by atoms with Crippen molar-refractivity contribution in [3.63, 3.8) is 0 Å². The first-order valence-corrected chi connectivity index (χ1v) is 5.20. The number of aliphatic hydroxyl groups excluding tert-OH is 1. The van der Waals surface area contributed by atoms with Crippen LogP contribution in [0.2, 0.25) is 0 Å². The molecule has 2 nitrogen and oxygen atoms in total. The second kappa shape index (κ2) is 2.67. The standard InChI is InChI=1S/C9H18NOP/c1-9(2)3-6-7(9)4-10(12)8(6)5-11/h6-8,11H,3-5,12H2,1-2H3. The molecule has 0 bridgehead atoms. The molecule has 12 heavy (non-hydrogen) atoms. The summed E-state index contributed by atoms with van der Waals surface area (Å²) in [6.45, 7) is 6.15. The Morgan fingerprint density at radius 3 is 2.67 bits per heavy atom. The van der Waals surface area contributed by atoms with Crippen LogP contribution < -0.4 is 0 Å². The van der Waals surface area contributed by atoms with Crippen molar-refractivity contribution < 1.29 is 5.11 Å². The van der Waals surface area contributed by atoms with Crippen molar-refractivity contribution in [2.75, 3.05) is 13.2 Å². The van der Waals surface area contributed by atoms with Gasteiger partial charge in [0.1, 0.15) is 0 Å². The van der Waals surface area contributed by atoms with E-state index >= 15 is 0 Å². The molecule has 0 aromatic carbocycles. The van der Waals surface area contributed by atoms with Gasteiger partial charge in [0.25, 0.3) is 0 Å². The first kappa shape index (κ1) is 8.93. The maximum absolute atomic E-state index is 9.17. The van der Waals surface area contributed by atoms with E-state index in [0.29, 0.717) is 18.1 Å². The summed E-state index contributed by atoms with van der Waals surface area (Å²) in [5, 5.41) is 9.17. The first-order valence-electron chi connectivity index (χ1n) is 4.68. The molecule has 4 unspecified atom stereocenters. The fraction of sp³-hybridized carbons (Fsp3) is 1.00. The molecule has 2 rings (SSSR count). The van der Waals surface area contributed by atoms with Gasteiger partial charge in [0.05, 0.1) is 6.61 Å². The Morgan fingerprint density at radius 1 is 1.58 bits per heavy atom. The van der Waals surface area contributed by atoms with Gasteiger partial charge < -0.3 is 5.11 Å². The average Bonchev–Trinajstić information content (AvgIpc) is 2.25. The summed E-state index contributed by atoms with van der Waals surface area (Å²) in [5.74, 6) is 1.56. The fourth-order valence-corrected chi connectivity index (χ4v) is 3.50. The number of hydrogen-bond donors (Lipinski definition) is 1. The minimum Gasteiger partial charge on any atom is -0.395 e. The van der Waals surface area contributed by atoms with Crippen LogP contribution in [-0.2, 0) is 0 Å². The van der Waals surface area contributed by atoms with E-state index in [0.717, 1.165) is 18.4 Å². The molecular weight excluding hydrogens is 169 g/mol. The molecular formula is C9H18NOP. The Balaban J connectivity index is 2.09. The number of aliphatic hydroxyl groups is 1. The van der Waals surface area contributed by atoms with Gasteiger partial charge in [-0.15, -0.1) is 0 Å². The van der Waals surface area contributed by atoms with Crippen LogP contribution in [0.25, 0.3) is 0 Å². The van der Waals surface area contributed by atoms with Crippen LogP contribution in [0.1, 0.15) is 20.3 Å². The smallest absolute Gasteiger partial charge is 0.0592 e. The highest BCUT2D eigenvalue weighted by Gasteiger charge is 2.55. The van der Waals surface area contributed by atoms with Gasteiger partial charge in [0.2, 0.25) is 0 Å². The normalized spacial score (nSPS) is 45.5. The third-order valence-corrected chi connectivity index (χ3v) is 4.39. The summed E-state index contributed by atoms with van der Waals surface area (Å²) in [6.07, 6.45) is 1.29. The molecule has 0 radical (unpaired) electrons. The van der Waals surface area contributed by atoms with Gasteiger partial charge in [-0.05, 0) is 23.7 Å². The van der Waals surface area contributed by atoms with Gasteiger partial charge in [0.15, 0.2) is 0 Å². The van der Waals surface area contributed by atoms with Gasteiger partial charge in [-0.3, -0.25) is 4.67 Å². The average molecular weight is 187 g/mol. The van der Waals surface area contributed by atoms with Crippen molar-refractivity contribution >= 4 is 9.39 Å². The maximum atomic E-state index is 9.17. The third kappa shape index (κ3) is 1.05. The molecule has 2 aliphatic rings. The topological polar surface area (TPSA) is 23.5 Å². The number of fused-ring (bicyclic) bond motifs is 1. The van der Waals surface area contributed by atoms with Crippen LogP contribution in [-0.4, -0.2) is 29.0 Å². The molecule has 2 fully saturated rings. The van der Waals surface area contributed by atoms with Crippen LogP contribution >= 0.6 is 9.39 Å². The molecule has 1 N–H and O–H groups in total. The maximum Gasteiger partial charge on any atom is 0.0592 e. The zero-order valence-corrected chi connectivity index (χ0v) is 8.98. The molecule has 3 heteroatoms. The van der Waals surface area contributed by atoms with Crippen molar-refractivity contribution in [1.82, 2.24) is 4.67 Å². The lowest BCUT2D eigenvalue weighted by Gasteiger charge is -2.48. The Hall–Kier alpha value is 0.350. The van der Waals surface area contributed by atoms with Crippen LogP contribution in [0.5, 0.6) is 0 Å². The van der Waals surface area contributed by atoms with Crippen LogP contribution in [0.15, 0.2) is 0 Å². The van der Waals surface area contributed by atoms with Crippen molar-refractivity contribution in [3.8, 4) is 0 Å². The zero-order chi connectivity index (χ0) is 8.93. The second-order valence-corrected chi connectivity index (χ2v) is 5.57. The van der Waals surface area contributed by atoms with Crippen molar-refractivity contribution in [2.24, 2.45) is 17.3 Å². The summed E-state index contributed by atoms with van der Waals surface area (Å²) in [4.78, 5) is 0.